The van der Waals surface area contributed by atoms with Gasteiger partial charge in [0.15, 0.2) is 0 Å². The summed E-state index contributed by atoms with van der Waals surface area (Å²) in [5.74, 6) is 3.16. The second-order valence-electron chi connectivity index (χ2n) is 15.1. The maximum atomic E-state index is 14.1. The molecule has 2 fully saturated rings. The molecule has 0 atom stereocenters. The number of hydrogen-bond acceptors (Lipinski definition) is 12. The van der Waals surface area contributed by atoms with E-state index in [9.17, 15) is 9.59 Å². The molecule has 14 nitrogen and oxygen atoms in total. The van der Waals surface area contributed by atoms with Gasteiger partial charge in [-0.1, -0.05) is 24.3 Å². The number of benzene rings is 2. The van der Waals surface area contributed by atoms with Gasteiger partial charge in [0.1, 0.15) is 22.9 Å². The average molecular weight is 751 g/mol. The Hall–Kier alpha value is -5.50. The number of morpholine rings is 1. The number of rotatable bonds is 10. The fraction of sp³-hybridized carbons (Fsp3) is 0.463. The Bertz CT molecular complexity index is 1890. The lowest BCUT2D eigenvalue weighted by Crippen LogP contribution is -2.45. The maximum absolute atomic E-state index is 14.1. The lowest BCUT2D eigenvalue weighted by Gasteiger charge is -2.34. The highest BCUT2D eigenvalue weighted by molar-refractivity contribution is 5.97. The van der Waals surface area contributed by atoms with Gasteiger partial charge >= 0.3 is 6.09 Å². The number of aromatic nitrogens is 4. The number of anilines is 3. The minimum Gasteiger partial charge on any atom is -0.497 e. The molecule has 7 rings (SSSR count). The Morgan fingerprint density at radius 1 is 0.818 bits per heavy atom. The smallest absolute Gasteiger partial charge is 0.410 e. The number of methoxy groups -OCH3 is 2. The molecule has 0 saturated carbocycles. The summed E-state index contributed by atoms with van der Waals surface area (Å²) in [6.45, 7) is 10.6. The van der Waals surface area contributed by atoms with Gasteiger partial charge in [-0.15, -0.1) is 0 Å². The number of carbonyl (C=O) groups is 2. The minimum absolute atomic E-state index is 0.0273. The summed E-state index contributed by atoms with van der Waals surface area (Å²) in [4.78, 5) is 54.5. The lowest BCUT2D eigenvalue weighted by atomic mass is 9.95. The van der Waals surface area contributed by atoms with E-state index in [2.05, 4.69) is 9.80 Å². The molecule has 0 radical (unpaired) electrons. The van der Waals surface area contributed by atoms with Gasteiger partial charge in [-0.2, -0.15) is 4.98 Å². The zero-order valence-corrected chi connectivity index (χ0v) is 32.4. The van der Waals surface area contributed by atoms with Crippen molar-refractivity contribution in [1.82, 2.24) is 24.8 Å². The third-order valence-electron chi connectivity index (χ3n) is 10.1. The van der Waals surface area contributed by atoms with E-state index in [0.717, 1.165) is 39.4 Å². The van der Waals surface area contributed by atoms with Gasteiger partial charge in [-0.25, -0.2) is 19.7 Å². The van der Waals surface area contributed by atoms with E-state index in [4.69, 9.17) is 38.9 Å². The summed E-state index contributed by atoms with van der Waals surface area (Å²) in [5, 5.41) is 0. The van der Waals surface area contributed by atoms with Crippen LogP contribution in [0.3, 0.4) is 0 Å². The van der Waals surface area contributed by atoms with Gasteiger partial charge in [0.25, 0.3) is 0 Å². The zero-order chi connectivity index (χ0) is 38.5. The van der Waals surface area contributed by atoms with Crippen molar-refractivity contribution in [3.05, 3.63) is 77.6 Å². The number of hydrogen-bond donors (Lipinski definition) is 0. The number of piperidine rings is 1. The van der Waals surface area contributed by atoms with E-state index >= 15 is 0 Å². The van der Waals surface area contributed by atoms with Crippen LogP contribution in [-0.4, -0.2) is 103 Å². The van der Waals surface area contributed by atoms with Crippen LogP contribution in [0.2, 0.25) is 0 Å². The molecule has 0 unspecified atom stereocenters. The van der Waals surface area contributed by atoms with Crippen LogP contribution in [0, 0.1) is 5.92 Å². The van der Waals surface area contributed by atoms with Crippen LogP contribution in [-0.2, 0) is 33.8 Å². The second-order valence-corrected chi connectivity index (χ2v) is 15.1. The van der Waals surface area contributed by atoms with Crippen molar-refractivity contribution in [2.45, 2.75) is 58.7 Å². The second kappa shape index (κ2) is 16.5. The molecule has 5 heterocycles. The summed E-state index contributed by atoms with van der Waals surface area (Å²) in [5.41, 5.74) is 3.99. The van der Waals surface area contributed by atoms with Crippen molar-refractivity contribution in [2.24, 2.45) is 5.92 Å². The first-order chi connectivity index (χ1) is 26.6. The maximum Gasteiger partial charge on any atom is 0.410 e. The molecule has 2 saturated heterocycles. The summed E-state index contributed by atoms with van der Waals surface area (Å²) < 4.78 is 22.0. The monoisotopic (exact) mass is 750 g/mol. The predicted octanol–water partition coefficient (Wildman–Crippen LogP) is 5.53. The first-order valence-electron chi connectivity index (χ1n) is 18.9. The number of nitrogens with zero attached hydrogens (tertiary/aromatic N) is 8. The Morgan fingerprint density at radius 2 is 1.40 bits per heavy atom. The van der Waals surface area contributed by atoms with Gasteiger partial charge in [0.2, 0.25) is 17.8 Å². The molecule has 3 aliphatic rings. The summed E-state index contributed by atoms with van der Waals surface area (Å²) >= 11 is 0. The summed E-state index contributed by atoms with van der Waals surface area (Å²) in [6, 6.07) is 16.0. The quantitative estimate of drug-likeness (QED) is 0.202. The van der Waals surface area contributed by atoms with Gasteiger partial charge < -0.3 is 33.6 Å². The van der Waals surface area contributed by atoms with E-state index in [1.165, 1.54) is 0 Å². The van der Waals surface area contributed by atoms with Crippen LogP contribution in [0.4, 0.5) is 22.5 Å². The van der Waals surface area contributed by atoms with E-state index in [1.807, 2.05) is 86.6 Å². The van der Waals surface area contributed by atoms with Gasteiger partial charge in [-0.3, -0.25) is 9.69 Å². The van der Waals surface area contributed by atoms with Crippen LogP contribution in [0.15, 0.2) is 60.9 Å². The van der Waals surface area contributed by atoms with Crippen molar-refractivity contribution in [3.63, 3.8) is 0 Å². The SMILES string of the molecule is COc1ccc(CN(Cc2ccc(OC)cc2)c2ncc(-c3nc(N4CCOCC4)nc4c3CCN4C(=O)C3CCN(C(=O)OC(C)(C)C)CC3)cn2)cc1. The molecule has 55 heavy (non-hydrogen) atoms. The normalized spacial score (nSPS) is 16.1. The number of fused-ring (bicyclic) bond motifs is 1. The largest absolute Gasteiger partial charge is 0.497 e. The Balaban J connectivity index is 1.15. The third kappa shape index (κ3) is 8.91. The molecule has 0 spiro atoms. The molecule has 290 valence electrons. The summed E-state index contributed by atoms with van der Waals surface area (Å²) in [7, 11) is 3.32. The molecule has 0 N–H and O–H groups in total. The zero-order valence-electron chi connectivity index (χ0n) is 32.4. The Labute approximate surface area is 322 Å². The number of carbonyl (C=O) groups excluding carboxylic acids is 2. The van der Waals surface area contributed by atoms with Crippen molar-refractivity contribution < 1.29 is 28.5 Å². The third-order valence-corrected chi connectivity index (χ3v) is 10.1. The highest BCUT2D eigenvalue weighted by atomic mass is 16.6. The van der Waals surface area contributed by atoms with E-state index in [1.54, 1.807) is 19.1 Å². The standard InChI is InChI=1S/C41H50N8O6/c1-41(2,3)55-40(51)47-17-14-30(15-18-47)37(50)49-19-16-34-35(44-39(45-36(34)49)46-20-22-54-23-21-46)31-24-42-38(43-25-31)48(26-28-6-10-32(52-4)11-7-28)27-29-8-12-33(53-5)13-9-29/h6-13,24-25,30H,14-23,26-27H2,1-5H3. The lowest BCUT2D eigenvalue weighted by molar-refractivity contribution is -0.123. The molecule has 0 aliphatic carbocycles. The fourth-order valence-corrected chi connectivity index (χ4v) is 7.16. The van der Waals surface area contributed by atoms with Crippen LogP contribution >= 0.6 is 0 Å². The minimum atomic E-state index is -0.572. The molecule has 4 aromatic rings. The predicted molar refractivity (Wildman–Crippen MR) is 209 cm³/mol. The van der Waals surface area contributed by atoms with Gasteiger partial charge in [0, 0.05) is 75.3 Å². The number of likely N-dealkylation sites (tertiary alicyclic amines) is 1. The molecule has 2 aromatic heterocycles. The topological polar surface area (TPSA) is 136 Å². The van der Waals surface area contributed by atoms with Crippen LogP contribution in [0.1, 0.15) is 50.3 Å². The fourth-order valence-electron chi connectivity index (χ4n) is 7.16. The first-order valence-corrected chi connectivity index (χ1v) is 18.9. The Kier molecular flexibility index (Phi) is 11.3. The van der Waals surface area contributed by atoms with Crippen LogP contribution in [0.25, 0.3) is 11.3 Å². The van der Waals surface area contributed by atoms with Crippen molar-refractivity contribution >= 4 is 29.7 Å². The summed E-state index contributed by atoms with van der Waals surface area (Å²) in [6.07, 6.45) is 5.04. The molecular formula is C41H50N8O6. The van der Waals surface area contributed by atoms with Crippen molar-refractivity contribution in [3.8, 4) is 22.8 Å². The Morgan fingerprint density at radius 3 is 1.95 bits per heavy atom. The van der Waals surface area contributed by atoms with Crippen molar-refractivity contribution in [1.29, 1.82) is 0 Å². The van der Waals surface area contributed by atoms with Gasteiger partial charge in [0.05, 0.1) is 33.1 Å². The molecule has 2 amide bonds. The van der Waals surface area contributed by atoms with Crippen molar-refractivity contribution in [2.75, 3.05) is 74.9 Å². The molecule has 2 aromatic carbocycles. The number of ether oxygens (including phenoxy) is 4. The molecule has 3 aliphatic heterocycles. The average Bonchev–Trinajstić information content (AvgIpc) is 3.64. The van der Waals surface area contributed by atoms with Crippen LogP contribution < -0.4 is 24.2 Å². The van der Waals surface area contributed by atoms with E-state index < -0.39 is 5.60 Å². The molecule has 0 bridgehead atoms. The van der Waals surface area contributed by atoms with Crippen LogP contribution in [0.5, 0.6) is 11.5 Å². The highest BCUT2D eigenvalue weighted by Crippen LogP contribution is 2.37. The number of amides is 2. The molecular weight excluding hydrogens is 701 g/mol. The molecule has 14 heteroatoms. The van der Waals surface area contributed by atoms with E-state index in [0.29, 0.717) is 96.0 Å². The van der Waals surface area contributed by atoms with E-state index in [-0.39, 0.29) is 17.9 Å². The first kappa shape index (κ1) is 37.8. The highest BCUT2D eigenvalue weighted by Gasteiger charge is 2.37. The van der Waals surface area contributed by atoms with Gasteiger partial charge in [-0.05, 0) is 75.4 Å².